The highest BCUT2D eigenvalue weighted by molar-refractivity contribution is 5.92. The molecule has 5 rings (SSSR count). The first-order valence-electron chi connectivity index (χ1n) is 16.6. The minimum atomic E-state index is -0.428. The average Bonchev–Trinajstić information content (AvgIpc) is 3.23. The number of rotatable bonds is 12. The molecule has 54 heavy (non-hydrogen) atoms. The summed E-state index contributed by atoms with van der Waals surface area (Å²) in [5, 5.41) is 0. The van der Waals surface area contributed by atoms with Gasteiger partial charge in [0.1, 0.15) is 0 Å². The number of hydrogen-bond donors (Lipinski definition) is 0. The van der Waals surface area contributed by atoms with Gasteiger partial charge in [-0.2, -0.15) is 0 Å². The van der Waals surface area contributed by atoms with Crippen LogP contribution in [0.2, 0.25) is 0 Å². The number of benzene rings is 4. The second-order valence-corrected chi connectivity index (χ2v) is 11.6. The molecule has 4 aromatic carbocycles. The molecular formula is C44H36N2O8. The number of carbonyl (C=O) groups is 4. The zero-order valence-corrected chi connectivity index (χ0v) is 30.0. The Morgan fingerprint density at radius 2 is 0.519 bits per heavy atom. The Hall–Kier alpha value is -7.20. The van der Waals surface area contributed by atoms with Gasteiger partial charge in [-0.3, -0.25) is 0 Å². The van der Waals surface area contributed by atoms with Gasteiger partial charge in [0.15, 0.2) is 0 Å². The van der Waals surface area contributed by atoms with E-state index in [4.69, 9.17) is 28.9 Å². The van der Waals surface area contributed by atoms with Crippen LogP contribution in [0.3, 0.4) is 0 Å². The van der Waals surface area contributed by atoms with Crippen molar-refractivity contribution in [1.29, 1.82) is 0 Å². The number of methoxy groups -OCH3 is 4. The molecule has 1 heterocycles. The van der Waals surface area contributed by atoms with E-state index in [1.807, 2.05) is 48.6 Å². The zero-order valence-electron chi connectivity index (χ0n) is 30.0. The molecule has 0 saturated carbocycles. The zero-order chi connectivity index (χ0) is 38.5. The van der Waals surface area contributed by atoms with Gasteiger partial charge in [-0.25, -0.2) is 29.1 Å². The van der Waals surface area contributed by atoms with Crippen LogP contribution < -0.4 is 0 Å². The Morgan fingerprint density at radius 1 is 0.333 bits per heavy atom. The second-order valence-electron chi connectivity index (χ2n) is 11.6. The highest BCUT2D eigenvalue weighted by Gasteiger charge is 2.11. The van der Waals surface area contributed by atoms with Crippen molar-refractivity contribution in [2.24, 2.45) is 0 Å². The van der Waals surface area contributed by atoms with Crippen LogP contribution in [-0.2, 0) is 18.9 Å². The molecule has 0 unspecified atom stereocenters. The molecule has 1 aromatic heterocycles. The fraction of sp³-hybridized carbons (Fsp3) is 0.0909. The van der Waals surface area contributed by atoms with Crippen molar-refractivity contribution in [3.8, 4) is 0 Å². The maximum atomic E-state index is 12.0. The molecule has 0 bridgehead atoms. The molecule has 0 spiro atoms. The molecule has 0 aliphatic carbocycles. The molecule has 10 heteroatoms. The highest BCUT2D eigenvalue weighted by atomic mass is 16.5. The minimum absolute atomic E-state index is 0.428. The molecule has 10 nitrogen and oxygen atoms in total. The summed E-state index contributed by atoms with van der Waals surface area (Å²) >= 11 is 0. The molecule has 5 aromatic rings. The van der Waals surface area contributed by atoms with Gasteiger partial charge < -0.3 is 18.9 Å². The van der Waals surface area contributed by atoms with Crippen molar-refractivity contribution < 1.29 is 38.1 Å². The second kappa shape index (κ2) is 18.3. The standard InChI is InChI=1S/C44H36N2O8/c1-51-41(47)33-17-5-29(6-18-33)13-25-37-38(26-14-30-7-19-34(20-8-30)42(48)52-2)46-40(28-16-32-11-23-36(24-12-32)44(50)54-4)39(45-37)27-15-31-9-21-35(22-10-31)43(49)53-3/h5-28H,1-4H3. The van der Waals surface area contributed by atoms with Crippen molar-refractivity contribution in [3.63, 3.8) is 0 Å². The minimum Gasteiger partial charge on any atom is -0.465 e. The Balaban J connectivity index is 1.59. The topological polar surface area (TPSA) is 131 Å². The SMILES string of the molecule is COC(=O)c1ccc(C=Cc2nc(C=Cc3ccc(C(=O)OC)cc3)c(C=Cc3ccc(C(=O)OC)cc3)nc2C=Cc2ccc(C(=O)OC)cc2)cc1. The summed E-state index contributed by atoms with van der Waals surface area (Å²) in [5.74, 6) is -1.71. The Kier molecular flexibility index (Phi) is 12.9. The van der Waals surface area contributed by atoms with E-state index in [1.165, 1.54) is 28.4 Å². The monoisotopic (exact) mass is 720 g/mol. The first-order valence-corrected chi connectivity index (χ1v) is 16.6. The molecule has 0 aliphatic heterocycles. The third-order valence-corrected chi connectivity index (χ3v) is 8.07. The van der Waals surface area contributed by atoms with Gasteiger partial charge in [0.2, 0.25) is 0 Å². The lowest BCUT2D eigenvalue weighted by Crippen LogP contribution is -2.01. The first kappa shape index (κ1) is 38.0. The van der Waals surface area contributed by atoms with E-state index >= 15 is 0 Å². The van der Waals surface area contributed by atoms with Gasteiger partial charge in [0, 0.05) is 0 Å². The maximum Gasteiger partial charge on any atom is 0.337 e. The van der Waals surface area contributed by atoms with Crippen LogP contribution >= 0.6 is 0 Å². The van der Waals surface area contributed by atoms with Crippen LogP contribution in [0.4, 0.5) is 0 Å². The number of aromatic nitrogens is 2. The van der Waals surface area contributed by atoms with Crippen LogP contribution in [0.25, 0.3) is 48.6 Å². The van der Waals surface area contributed by atoms with Crippen molar-refractivity contribution >= 4 is 72.5 Å². The summed E-state index contributed by atoms with van der Waals surface area (Å²) in [6.45, 7) is 0. The Morgan fingerprint density at radius 3 is 0.685 bits per heavy atom. The van der Waals surface area contributed by atoms with Gasteiger partial charge in [0.05, 0.1) is 73.5 Å². The Bertz CT molecular complexity index is 1930. The van der Waals surface area contributed by atoms with E-state index in [0.29, 0.717) is 45.0 Å². The molecule has 0 amide bonds. The van der Waals surface area contributed by atoms with E-state index in [9.17, 15) is 19.2 Å². The van der Waals surface area contributed by atoms with Crippen LogP contribution in [0.5, 0.6) is 0 Å². The summed E-state index contributed by atoms with van der Waals surface area (Å²) in [5.41, 5.74) is 7.20. The summed E-state index contributed by atoms with van der Waals surface area (Å²) in [7, 11) is 5.33. The Labute approximate surface area is 312 Å². The van der Waals surface area contributed by atoms with E-state index in [-0.39, 0.29) is 0 Å². The highest BCUT2D eigenvalue weighted by Crippen LogP contribution is 2.21. The van der Waals surface area contributed by atoms with Gasteiger partial charge >= 0.3 is 23.9 Å². The molecule has 0 saturated heterocycles. The number of hydrogen-bond acceptors (Lipinski definition) is 10. The maximum absolute atomic E-state index is 12.0. The summed E-state index contributed by atoms with van der Waals surface area (Å²) in [6, 6.07) is 27.9. The summed E-state index contributed by atoms with van der Waals surface area (Å²) in [6.07, 6.45) is 14.8. The fourth-order valence-electron chi connectivity index (χ4n) is 5.07. The molecule has 0 N–H and O–H groups in total. The number of nitrogens with zero attached hydrogens (tertiary/aromatic N) is 2. The number of esters is 4. The predicted molar refractivity (Wildman–Crippen MR) is 209 cm³/mol. The molecule has 270 valence electrons. The lowest BCUT2D eigenvalue weighted by molar-refractivity contribution is 0.0592. The molecule has 0 atom stereocenters. The first-order chi connectivity index (χ1) is 26.2. The summed E-state index contributed by atoms with van der Waals surface area (Å²) < 4.78 is 19.3. The fourth-order valence-corrected chi connectivity index (χ4v) is 5.07. The predicted octanol–water partition coefficient (Wildman–Crippen LogP) is 8.30. The summed E-state index contributed by atoms with van der Waals surface area (Å²) in [4.78, 5) is 57.9. The van der Waals surface area contributed by atoms with Crippen molar-refractivity contribution in [2.75, 3.05) is 28.4 Å². The van der Waals surface area contributed by atoms with Gasteiger partial charge in [0.25, 0.3) is 0 Å². The van der Waals surface area contributed by atoms with Gasteiger partial charge in [-0.05, 0) is 95.1 Å². The van der Waals surface area contributed by atoms with Crippen molar-refractivity contribution in [1.82, 2.24) is 9.97 Å². The number of ether oxygens (including phenoxy) is 4. The molecular weight excluding hydrogens is 684 g/mol. The van der Waals surface area contributed by atoms with E-state index < -0.39 is 23.9 Å². The third-order valence-electron chi connectivity index (χ3n) is 8.07. The largest absolute Gasteiger partial charge is 0.465 e. The van der Waals surface area contributed by atoms with Gasteiger partial charge in [-0.15, -0.1) is 0 Å². The van der Waals surface area contributed by atoms with Crippen LogP contribution in [-0.4, -0.2) is 62.3 Å². The molecule has 0 radical (unpaired) electrons. The van der Waals surface area contributed by atoms with E-state index in [1.54, 1.807) is 97.1 Å². The lowest BCUT2D eigenvalue weighted by Gasteiger charge is -2.08. The smallest absolute Gasteiger partial charge is 0.337 e. The van der Waals surface area contributed by atoms with Crippen LogP contribution in [0, 0.1) is 0 Å². The molecule has 0 fully saturated rings. The lowest BCUT2D eigenvalue weighted by atomic mass is 10.1. The van der Waals surface area contributed by atoms with E-state index in [0.717, 1.165) is 22.3 Å². The molecule has 0 aliphatic rings. The van der Waals surface area contributed by atoms with Crippen LogP contribution in [0.15, 0.2) is 97.1 Å². The number of carbonyl (C=O) groups excluding carboxylic acids is 4. The normalized spacial score (nSPS) is 11.3. The van der Waals surface area contributed by atoms with Crippen molar-refractivity contribution in [2.45, 2.75) is 0 Å². The third kappa shape index (κ3) is 9.98. The average molecular weight is 721 g/mol. The van der Waals surface area contributed by atoms with Crippen molar-refractivity contribution in [3.05, 3.63) is 164 Å². The van der Waals surface area contributed by atoms with Gasteiger partial charge in [-0.1, -0.05) is 72.8 Å². The van der Waals surface area contributed by atoms with Crippen LogP contribution in [0.1, 0.15) is 86.5 Å². The van der Waals surface area contributed by atoms with E-state index in [2.05, 4.69) is 0 Å². The quantitative estimate of drug-likeness (QED) is 0.0916.